The average Bonchev–Trinajstić information content (AvgIpc) is 3.52. The van der Waals surface area contributed by atoms with Crippen molar-refractivity contribution in [2.75, 3.05) is 50.8 Å². The van der Waals surface area contributed by atoms with Crippen LogP contribution in [-0.4, -0.2) is 66.9 Å². The van der Waals surface area contributed by atoms with E-state index in [2.05, 4.69) is 44.1 Å². The molecule has 34 heavy (non-hydrogen) atoms. The number of likely N-dealkylation sites (tertiary alicyclic amines) is 1. The monoisotopic (exact) mass is 480 g/mol. The van der Waals surface area contributed by atoms with Crippen LogP contribution < -0.4 is 9.64 Å². The van der Waals surface area contributed by atoms with Gasteiger partial charge in [0.05, 0.1) is 12.0 Å². The highest BCUT2D eigenvalue weighted by Gasteiger charge is 2.34. The van der Waals surface area contributed by atoms with Crippen LogP contribution in [0.25, 0.3) is 11.0 Å². The summed E-state index contributed by atoms with van der Waals surface area (Å²) >= 11 is 6.22. The van der Waals surface area contributed by atoms with E-state index in [1.807, 2.05) is 18.2 Å². The molecule has 3 aliphatic heterocycles. The van der Waals surface area contributed by atoms with E-state index in [0.29, 0.717) is 12.0 Å². The van der Waals surface area contributed by atoms with Gasteiger partial charge in [-0.25, -0.2) is 0 Å². The number of piperazine rings is 1. The van der Waals surface area contributed by atoms with Crippen molar-refractivity contribution in [2.45, 2.75) is 38.3 Å². The summed E-state index contributed by atoms with van der Waals surface area (Å²) in [5.74, 6) is 2.52. The normalized spacial score (nSPS) is 24.0. The maximum Gasteiger partial charge on any atom is 0.180 e. The lowest BCUT2D eigenvalue weighted by atomic mass is 9.91. The van der Waals surface area contributed by atoms with Gasteiger partial charge in [0.25, 0.3) is 0 Å². The van der Waals surface area contributed by atoms with Crippen molar-refractivity contribution < 1.29 is 9.26 Å². The summed E-state index contributed by atoms with van der Waals surface area (Å²) in [6, 6.07) is 15.0. The quantitative estimate of drug-likeness (QED) is 0.491. The van der Waals surface area contributed by atoms with Crippen LogP contribution in [-0.2, 0) is 6.54 Å². The van der Waals surface area contributed by atoms with Gasteiger partial charge in [-0.15, -0.1) is 0 Å². The van der Waals surface area contributed by atoms with Gasteiger partial charge in [0, 0.05) is 49.7 Å². The molecule has 4 heterocycles. The zero-order valence-corrected chi connectivity index (χ0v) is 20.4. The molecule has 180 valence electrons. The second kappa shape index (κ2) is 9.76. The summed E-state index contributed by atoms with van der Waals surface area (Å²) < 4.78 is 11.8. The van der Waals surface area contributed by atoms with Crippen LogP contribution >= 0.6 is 11.6 Å². The van der Waals surface area contributed by atoms with Gasteiger partial charge in [0.1, 0.15) is 5.75 Å². The van der Waals surface area contributed by atoms with E-state index in [0.717, 1.165) is 66.9 Å². The first-order chi connectivity index (χ1) is 16.7. The molecule has 0 N–H and O–H groups in total. The van der Waals surface area contributed by atoms with Crippen LogP contribution in [0.15, 0.2) is 47.0 Å². The van der Waals surface area contributed by atoms with Crippen molar-refractivity contribution in [3.05, 3.63) is 53.1 Å². The summed E-state index contributed by atoms with van der Waals surface area (Å²) in [7, 11) is 0. The minimum Gasteiger partial charge on any atom is -0.493 e. The van der Waals surface area contributed by atoms with Gasteiger partial charge in [-0.05, 0) is 74.7 Å². The van der Waals surface area contributed by atoms with Crippen LogP contribution in [0.1, 0.15) is 31.2 Å². The second-order valence-electron chi connectivity index (χ2n) is 10.1. The minimum absolute atomic E-state index is 0.555. The maximum atomic E-state index is 6.28. The molecule has 3 aliphatic rings. The second-order valence-corrected chi connectivity index (χ2v) is 10.6. The zero-order chi connectivity index (χ0) is 22.9. The molecule has 3 saturated heterocycles. The van der Waals surface area contributed by atoms with Crippen LogP contribution in [0.5, 0.6) is 5.75 Å². The zero-order valence-electron chi connectivity index (χ0n) is 19.7. The Labute approximate surface area is 206 Å². The third kappa shape index (κ3) is 4.77. The van der Waals surface area contributed by atoms with Gasteiger partial charge in [-0.3, -0.25) is 9.80 Å². The third-order valence-electron chi connectivity index (χ3n) is 7.71. The first-order valence-corrected chi connectivity index (χ1v) is 13.1. The predicted octanol–water partition coefficient (Wildman–Crippen LogP) is 5.06. The first kappa shape index (κ1) is 22.2. The topological polar surface area (TPSA) is 45.0 Å². The highest BCUT2D eigenvalue weighted by molar-refractivity contribution is 6.31. The minimum atomic E-state index is 0.555. The number of halogens is 1. The molecule has 3 fully saturated rings. The van der Waals surface area contributed by atoms with Crippen molar-refractivity contribution in [2.24, 2.45) is 5.92 Å². The van der Waals surface area contributed by atoms with E-state index in [4.69, 9.17) is 20.9 Å². The van der Waals surface area contributed by atoms with E-state index in [1.165, 1.54) is 44.3 Å². The van der Waals surface area contributed by atoms with Crippen LogP contribution in [0.2, 0.25) is 5.02 Å². The molecule has 0 radical (unpaired) electrons. The number of ether oxygens (including phenoxy) is 1. The Morgan fingerprint density at radius 2 is 1.91 bits per heavy atom. The number of hydrogen-bond acceptors (Lipinski definition) is 6. The fourth-order valence-electron chi connectivity index (χ4n) is 5.86. The molecule has 0 saturated carbocycles. The van der Waals surface area contributed by atoms with Crippen LogP contribution in [0.4, 0.5) is 5.82 Å². The highest BCUT2D eigenvalue weighted by Crippen LogP contribution is 2.32. The number of benzene rings is 2. The van der Waals surface area contributed by atoms with E-state index in [1.54, 1.807) is 0 Å². The molecule has 0 bridgehead atoms. The van der Waals surface area contributed by atoms with Gasteiger partial charge < -0.3 is 14.2 Å². The average molecular weight is 481 g/mol. The SMILES string of the molecule is Clc1ccc2onc(N3CCN4C[C@@H](COc5cccc(CN6CCCC6)c5)CC[C@H]4C3)c2c1. The van der Waals surface area contributed by atoms with E-state index >= 15 is 0 Å². The lowest BCUT2D eigenvalue weighted by molar-refractivity contribution is 0.0726. The summed E-state index contributed by atoms with van der Waals surface area (Å²) in [5, 5.41) is 6.09. The van der Waals surface area contributed by atoms with Gasteiger partial charge in [-0.1, -0.05) is 28.9 Å². The molecule has 1 aromatic heterocycles. The molecule has 0 aliphatic carbocycles. The van der Waals surface area contributed by atoms with Crippen LogP contribution in [0.3, 0.4) is 0 Å². The summed E-state index contributed by atoms with van der Waals surface area (Å²) in [6.07, 6.45) is 5.05. The van der Waals surface area contributed by atoms with Crippen molar-refractivity contribution >= 4 is 28.4 Å². The molecule has 2 aromatic carbocycles. The number of rotatable bonds is 6. The van der Waals surface area contributed by atoms with Gasteiger partial charge in [0.2, 0.25) is 0 Å². The van der Waals surface area contributed by atoms with Crippen molar-refractivity contribution in [3.8, 4) is 5.75 Å². The lowest BCUT2D eigenvalue weighted by Gasteiger charge is -2.46. The molecule has 7 heteroatoms. The van der Waals surface area contributed by atoms with Crippen molar-refractivity contribution in [3.63, 3.8) is 0 Å². The van der Waals surface area contributed by atoms with Crippen molar-refractivity contribution in [1.82, 2.24) is 15.0 Å². The van der Waals surface area contributed by atoms with Crippen LogP contribution in [0, 0.1) is 5.92 Å². The van der Waals surface area contributed by atoms with Gasteiger partial charge >= 0.3 is 0 Å². The Balaban J connectivity index is 1.03. The lowest BCUT2D eigenvalue weighted by Crippen LogP contribution is -2.57. The molecule has 0 unspecified atom stereocenters. The number of hydrogen-bond donors (Lipinski definition) is 0. The summed E-state index contributed by atoms with van der Waals surface area (Å²) in [5.41, 5.74) is 2.16. The Morgan fingerprint density at radius 3 is 2.82 bits per heavy atom. The highest BCUT2D eigenvalue weighted by atomic mass is 35.5. The molecule has 0 amide bonds. The molecule has 6 nitrogen and oxygen atoms in total. The Kier molecular flexibility index (Phi) is 6.37. The number of aromatic nitrogens is 1. The largest absolute Gasteiger partial charge is 0.493 e. The maximum absolute atomic E-state index is 6.28. The number of piperidine rings is 1. The molecular formula is C27H33ClN4O2. The Morgan fingerprint density at radius 1 is 1.00 bits per heavy atom. The molecule has 0 spiro atoms. The predicted molar refractivity (Wildman–Crippen MR) is 136 cm³/mol. The number of anilines is 1. The van der Waals surface area contributed by atoms with E-state index < -0.39 is 0 Å². The fourth-order valence-corrected chi connectivity index (χ4v) is 6.03. The number of fused-ring (bicyclic) bond motifs is 2. The Hall–Kier alpha value is -2.28. The summed E-state index contributed by atoms with van der Waals surface area (Å²) in [4.78, 5) is 7.55. The third-order valence-corrected chi connectivity index (χ3v) is 7.94. The molecular weight excluding hydrogens is 448 g/mol. The van der Waals surface area contributed by atoms with Gasteiger partial charge in [-0.2, -0.15) is 0 Å². The first-order valence-electron chi connectivity index (χ1n) is 12.7. The van der Waals surface area contributed by atoms with E-state index in [9.17, 15) is 0 Å². The van der Waals surface area contributed by atoms with Gasteiger partial charge in [0.15, 0.2) is 11.4 Å². The molecule has 6 rings (SSSR count). The standard InChI is InChI=1S/C27H33ClN4O2/c28-22-7-9-26-25(15-22)27(29-34-26)32-13-12-31-17-21(6-8-23(31)18-32)19-33-24-5-3-4-20(14-24)16-30-10-1-2-11-30/h3-5,7,9,14-15,21,23H,1-2,6,8,10-13,16-19H2/t21-,23-/m0/s1. The fraction of sp³-hybridized carbons (Fsp3) is 0.519. The van der Waals surface area contributed by atoms with Crippen molar-refractivity contribution in [1.29, 1.82) is 0 Å². The Bertz CT molecular complexity index is 1130. The van der Waals surface area contributed by atoms with E-state index in [-0.39, 0.29) is 0 Å². The molecule has 2 atom stereocenters. The summed E-state index contributed by atoms with van der Waals surface area (Å²) in [6.45, 7) is 8.38. The molecule has 3 aromatic rings. The number of nitrogens with zero attached hydrogens (tertiary/aromatic N) is 4. The smallest absolute Gasteiger partial charge is 0.180 e.